The van der Waals surface area contributed by atoms with E-state index >= 15 is 0 Å². The molecule has 1 aliphatic rings. The predicted octanol–water partition coefficient (Wildman–Crippen LogP) is 6.75. The highest BCUT2D eigenvalue weighted by Crippen LogP contribution is 2.32. The molecule has 1 saturated carbocycles. The van der Waals surface area contributed by atoms with E-state index in [0.717, 1.165) is 18.3 Å². The van der Waals surface area contributed by atoms with Crippen molar-refractivity contribution in [2.45, 2.75) is 104 Å². The van der Waals surface area contributed by atoms with Crippen LogP contribution in [-0.4, -0.2) is 11.2 Å². The monoisotopic (exact) mass is 322 g/mol. The van der Waals surface area contributed by atoms with Gasteiger partial charge in [-0.3, -0.25) is 0 Å². The van der Waals surface area contributed by atoms with Crippen LogP contribution in [0.5, 0.6) is 0 Å². The van der Waals surface area contributed by atoms with Gasteiger partial charge in [-0.1, -0.05) is 77.9 Å². The molecule has 0 radical (unpaired) electrons. The minimum absolute atomic E-state index is 0.00787. The molecule has 0 aliphatic heterocycles. The summed E-state index contributed by atoms with van der Waals surface area (Å²) in [6.45, 7) is 13.5. The van der Waals surface area contributed by atoms with Crippen molar-refractivity contribution in [3.8, 4) is 0 Å². The number of rotatable bonds is 13. The molecule has 0 aromatic carbocycles. The maximum Gasteiger partial charge on any atom is 0.0568 e. The van der Waals surface area contributed by atoms with E-state index in [0.29, 0.717) is 11.8 Å². The van der Waals surface area contributed by atoms with Gasteiger partial charge in [0.1, 0.15) is 0 Å². The Morgan fingerprint density at radius 3 is 2.04 bits per heavy atom. The quantitative estimate of drug-likeness (QED) is 0.293. The van der Waals surface area contributed by atoms with Gasteiger partial charge in [0.2, 0.25) is 0 Å². The maximum atomic E-state index is 10.0. The summed E-state index contributed by atoms with van der Waals surface area (Å²) in [5.74, 6) is 2.91. The largest absolute Gasteiger partial charge is 0.393 e. The van der Waals surface area contributed by atoms with Gasteiger partial charge in [-0.25, -0.2) is 0 Å². The first-order valence-electron chi connectivity index (χ1n) is 10.2. The average molecular weight is 323 g/mol. The van der Waals surface area contributed by atoms with Gasteiger partial charge in [0.25, 0.3) is 0 Å². The number of allylic oxidation sites excluding steroid dienone is 1. The van der Waals surface area contributed by atoms with E-state index in [2.05, 4.69) is 34.3 Å². The number of hydrogen-bond donors (Lipinski definition) is 1. The van der Waals surface area contributed by atoms with Gasteiger partial charge in [0, 0.05) is 0 Å². The molecule has 23 heavy (non-hydrogen) atoms. The molecule has 0 bridgehead atoms. The van der Waals surface area contributed by atoms with Crippen LogP contribution >= 0.6 is 0 Å². The number of hydrogen-bond acceptors (Lipinski definition) is 1. The van der Waals surface area contributed by atoms with E-state index < -0.39 is 0 Å². The molecule has 3 atom stereocenters. The molecule has 136 valence electrons. The Balaban J connectivity index is 2.08. The third-order valence-electron chi connectivity index (χ3n) is 5.98. The summed E-state index contributed by atoms with van der Waals surface area (Å²) in [5.41, 5.74) is 1.38. The Labute approximate surface area is 146 Å². The van der Waals surface area contributed by atoms with Crippen LogP contribution in [0.15, 0.2) is 12.2 Å². The van der Waals surface area contributed by atoms with Gasteiger partial charge < -0.3 is 5.11 Å². The molecular weight excluding hydrogens is 280 g/mol. The lowest BCUT2D eigenvalue weighted by atomic mass is 9.79. The van der Waals surface area contributed by atoms with E-state index in [1.807, 2.05) is 0 Å². The molecular formula is C22H42O. The third-order valence-corrected chi connectivity index (χ3v) is 5.98. The fourth-order valence-corrected chi connectivity index (χ4v) is 3.96. The fraction of sp³-hybridized carbons (Fsp3) is 0.909. The van der Waals surface area contributed by atoms with Crippen molar-refractivity contribution < 1.29 is 5.11 Å². The second-order valence-electron chi connectivity index (χ2n) is 8.65. The molecule has 1 unspecified atom stereocenters. The second kappa shape index (κ2) is 11.3. The van der Waals surface area contributed by atoms with E-state index in [1.54, 1.807) is 0 Å². The third kappa shape index (κ3) is 8.38. The summed E-state index contributed by atoms with van der Waals surface area (Å²) in [5, 5.41) is 10.0. The lowest BCUT2D eigenvalue weighted by Crippen LogP contribution is -2.26. The lowest BCUT2D eigenvalue weighted by Gasteiger charge is -2.30. The zero-order chi connectivity index (χ0) is 17.2. The van der Waals surface area contributed by atoms with Crippen LogP contribution in [0.3, 0.4) is 0 Å². The van der Waals surface area contributed by atoms with E-state index in [4.69, 9.17) is 0 Å². The molecule has 1 heteroatoms. The van der Waals surface area contributed by atoms with E-state index in [9.17, 15) is 5.11 Å². The topological polar surface area (TPSA) is 20.2 Å². The van der Waals surface area contributed by atoms with Crippen molar-refractivity contribution in [3.05, 3.63) is 12.2 Å². The Bertz CT molecular complexity index is 316. The van der Waals surface area contributed by atoms with Crippen molar-refractivity contribution in [2.75, 3.05) is 0 Å². The first kappa shape index (κ1) is 20.7. The van der Waals surface area contributed by atoms with Crippen LogP contribution in [0.4, 0.5) is 0 Å². The normalized spacial score (nSPS) is 19.4. The van der Waals surface area contributed by atoms with Crippen molar-refractivity contribution in [1.29, 1.82) is 0 Å². The SMILES string of the molecule is C=C(C)[C@@H](CCC(C)C)[C@@H](C)CCCCCCC(O)C1CCC1. The van der Waals surface area contributed by atoms with Crippen LogP contribution in [0.1, 0.15) is 98.3 Å². The first-order valence-corrected chi connectivity index (χ1v) is 10.2. The molecule has 0 aromatic heterocycles. The van der Waals surface area contributed by atoms with Crippen LogP contribution in [0, 0.1) is 23.7 Å². The van der Waals surface area contributed by atoms with Gasteiger partial charge in [-0.05, 0) is 56.3 Å². The smallest absolute Gasteiger partial charge is 0.0568 e. The minimum Gasteiger partial charge on any atom is -0.393 e. The van der Waals surface area contributed by atoms with Crippen LogP contribution in [0.2, 0.25) is 0 Å². The first-order chi connectivity index (χ1) is 10.9. The molecule has 0 heterocycles. The lowest BCUT2D eigenvalue weighted by molar-refractivity contribution is 0.0536. The van der Waals surface area contributed by atoms with Crippen molar-refractivity contribution in [3.63, 3.8) is 0 Å². The fourth-order valence-electron chi connectivity index (χ4n) is 3.96. The number of unbranched alkanes of at least 4 members (excludes halogenated alkanes) is 3. The molecule has 0 aromatic rings. The summed E-state index contributed by atoms with van der Waals surface area (Å²) in [6, 6.07) is 0. The molecule has 0 saturated heterocycles. The minimum atomic E-state index is -0.00787. The summed E-state index contributed by atoms with van der Waals surface area (Å²) in [6.07, 6.45) is 14.0. The Hall–Kier alpha value is -0.300. The van der Waals surface area contributed by atoms with Crippen LogP contribution < -0.4 is 0 Å². The molecule has 1 fully saturated rings. The summed E-state index contributed by atoms with van der Waals surface area (Å²) in [4.78, 5) is 0. The maximum absolute atomic E-state index is 10.0. The molecule has 0 spiro atoms. The molecule has 1 N–H and O–H groups in total. The highest BCUT2D eigenvalue weighted by Gasteiger charge is 2.24. The molecule has 1 rings (SSSR count). The van der Waals surface area contributed by atoms with E-state index in [-0.39, 0.29) is 6.10 Å². The summed E-state index contributed by atoms with van der Waals surface area (Å²) in [7, 11) is 0. The van der Waals surface area contributed by atoms with Crippen molar-refractivity contribution in [2.24, 2.45) is 23.7 Å². The van der Waals surface area contributed by atoms with Gasteiger partial charge >= 0.3 is 0 Å². The summed E-state index contributed by atoms with van der Waals surface area (Å²) < 4.78 is 0. The molecule has 0 amide bonds. The molecule has 1 nitrogen and oxygen atoms in total. The zero-order valence-corrected chi connectivity index (χ0v) is 16.3. The Kier molecular flexibility index (Phi) is 10.2. The predicted molar refractivity (Wildman–Crippen MR) is 103 cm³/mol. The second-order valence-corrected chi connectivity index (χ2v) is 8.65. The van der Waals surface area contributed by atoms with Crippen LogP contribution in [-0.2, 0) is 0 Å². The standard InChI is InChI=1S/C22H42O/c1-17(2)15-16-21(18(3)4)19(5)11-8-6-7-9-14-22(23)20-12-10-13-20/h17,19-23H,3,6-16H2,1-2,4-5H3/t19-,21+,22?/m0/s1. The Morgan fingerprint density at radius 2 is 1.57 bits per heavy atom. The summed E-state index contributed by atoms with van der Waals surface area (Å²) >= 11 is 0. The molecule has 1 aliphatic carbocycles. The highest BCUT2D eigenvalue weighted by molar-refractivity contribution is 4.98. The van der Waals surface area contributed by atoms with Crippen molar-refractivity contribution >= 4 is 0 Å². The van der Waals surface area contributed by atoms with Gasteiger partial charge in [0.15, 0.2) is 0 Å². The van der Waals surface area contributed by atoms with Gasteiger partial charge in [-0.15, -0.1) is 0 Å². The van der Waals surface area contributed by atoms with Gasteiger partial charge in [-0.2, -0.15) is 0 Å². The van der Waals surface area contributed by atoms with Gasteiger partial charge in [0.05, 0.1) is 6.10 Å². The average Bonchev–Trinajstić information content (AvgIpc) is 2.40. The highest BCUT2D eigenvalue weighted by atomic mass is 16.3. The van der Waals surface area contributed by atoms with Crippen LogP contribution in [0.25, 0.3) is 0 Å². The van der Waals surface area contributed by atoms with E-state index in [1.165, 1.54) is 69.8 Å². The number of aliphatic hydroxyl groups excluding tert-OH is 1. The Morgan fingerprint density at radius 1 is 0.957 bits per heavy atom. The number of aliphatic hydroxyl groups is 1. The van der Waals surface area contributed by atoms with Crippen molar-refractivity contribution in [1.82, 2.24) is 0 Å². The zero-order valence-electron chi connectivity index (χ0n) is 16.3.